The van der Waals surface area contributed by atoms with Gasteiger partial charge in [-0.25, -0.2) is 4.98 Å². The Labute approximate surface area is 154 Å². The van der Waals surface area contributed by atoms with Crippen molar-refractivity contribution in [3.05, 3.63) is 46.6 Å². The van der Waals surface area contributed by atoms with Gasteiger partial charge in [0.15, 0.2) is 0 Å². The smallest absolute Gasteiger partial charge is 0.257 e. The second kappa shape index (κ2) is 7.23. The molecule has 1 aliphatic rings. The minimum Gasteiger partial charge on any atom is -0.507 e. The van der Waals surface area contributed by atoms with Gasteiger partial charge >= 0.3 is 0 Å². The third-order valence-electron chi connectivity index (χ3n) is 4.64. The molecule has 26 heavy (non-hydrogen) atoms. The quantitative estimate of drug-likeness (QED) is 0.910. The number of phenols is 1. The number of amides is 1. The van der Waals surface area contributed by atoms with E-state index in [9.17, 15) is 9.90 Å². The Morgan fingerprint density at radius 2 is 2.12 bits per heavy atom. The summed E-state index contributed by atoms with van der Waals surface area (Å²) in [5.41, 5.74) is 2.80. The Kier molecular flexibility index (Phi) is 4.65. The zero-order valence-electron chi connectivity index (χ0n) is 16.5. The maximum Gasteiger partial charge on any atom is 0.257 e. The molecule has 0 radical (unpaired) electrons. The van der Waals surface area contributed by atoms with Crippen molar-refractivity contribution in [1.82, 2.24) is 9.88 Å². The van der Waals surface area contributed by atoms with Crippen LogP contribution >= 0.6 is 0 Å². The van der Waals surface area contributed by atoms with E-state index < -0.39 is 0 Å². The van der Waals surface area contributed by atoms with Crippen LogP contribution in [0.1, 0.15) is 48.3 Å². The Morgan fingerprint density at radius 3 is 2.77 bits per heavy atom. The van der Waals surface area contributed by atoms with Crippen molar-refractivity contribution in [3.63, 3.8) is 0 Å². The fourth-order valence-corrected chi connectivity index (χ4v) is 3.17. The molecule has 1 N–H and O–H groups in total. The molecule has 0 saturated carbocycles. The number of ether oxygens (including phenoxy) is 2. The van der Waals surface area contributed by atoms with E-state index in [0.717, 1.165) is 16.8 Å². The monoisotopic (exact) mass is 357 g/mol. The Morgan fingerprint density at radius 1 is 1.35 bits per heavy atom. The second-order valence-electron chi connectivity index (χ2n) is 6.62. The van der Waals surface area contributed by atoms with Gasteiger partial charge in [-0.3, -0.25) is 4.79 Å². The van der Waals surface area contributed by atoms with Crippen LogP contribution < -0.4 is 9.47 Å². The van der Waals surface area contributed by atoms with E-state index in [1.54, 1.807) is 24.1 Å². The van der Waals surface area contributed by atoms with Gasteiger partial charge in [0.2, 0.25) is 5.88 Å². The highest BCUT2D eigenvalue weighted by molar-refractivity contribution is 5.97. The van der Waals surface area contributed by atoms with Crippen molar-refractivity contribution in [2.24, 2.45) is 0 Å². The number of carbonyl (C=O) groups is 1. The van der Waals surface area contributed by atoms with Crippen LogP contribution in [0.25, 0.3) is 0 Å². The van der Waals surface area contributed by atoms with Crippen LogP contribution in [-0.4, -0.2) is 41.7 Å². The summed E-state index contributed by atoms with van der Waals surface area (Å²) in [7, 11) is 3.04. The average Bonchev–Trinajstić information content (AvgIpc) is 2.65. The second-order valence-corrected chi connectivity index (χ2v) is 6.62. The minimum atomic E-state index is -0.245. The Bertz CT molecular complexity index is 883. The molecule has 1 aromatic carbocycles. The molecule has 0 bridgehead atoms. The summed E-state index contributed by atoms with van der Waals surface area (Å²) in [6.07, 6.45) is 0.575. The molecule has 0 spiro atoms. The molecule has 2 aromatic rings. The van der Waals surface area contributed by atoms with Crippen LogP contribution in [0.15, 0.2) is 24.2 Å². The van der Waals surface area contributed by atoms with Crippen molar-refractivity contribution in [1.29, 1.82) is 0 Å². The third kappa shape index (κ3) is 3.31. The summed E-state index contributed by atoms with van der Waals surface area (Å²) in [6.45, 7) is 4.85. The van der Waals surface area contributed by atoms with Crippen LogP contribution in [0, 0.1) is 0 Å². The topological polar surface area (TPSA) is 71.9 Å². The predicted octanol–water partition coefficient (Wildman–Crippen LogP) is 3.13. The summed E-state index contributed by atoms with van der Waals surface area (Å²) < 4.78 is 18.4. The maximum atomic E-state index is 13.0. The van der Waals surface area contributed by atoms with Gasteiger partial charge in [0.1, 0.15) is 11.5 Å². The van der Waals surface area contributed by atoms with E-state index in [0.29, 0.717) is 31.1 Å². The summed E-state index contributed by atoms with van der Waals surface area (Å²) >= 11 is 0. The number of fused-ring (bicyclic) bond motifs is 1. The average molecular weight is 357 g/mol. The molecule has 0 unspecified atom stereocenters. The van der Waals surface area contributed by atoms with Crippen LogP contribution in [-0.2, 0) is 13.0 Å². The lowest BCUT2D eigenvalue weighted by Crippen LogP contribution is -2.36. The SMILES string of the molecule is [2H]c1cc2c(nc1OC)CCN(C(=O)c1cc(C(C)C)c(OC)cc1O)C2. The summed E-state index contributed by atoms with van der Waals surface area (Å²) in [6, 6.07) is 5.08. The molecule has 1 aromatic heterocycles. The summed E-state index contributed by atoms with van der Waals surface area (Å²) in [5.74, 6) is 0.670. The molecule has 0 aliphatic carbocycles. The van der Waals surface area contributed by atoms with Gasteiger partial charge < -0.3 is 19.5 Å². The number of rotatable bonds is 4. The number of hydrogen-bond acceptors (Lipinski definition) is 5. The van der Waals surface area contributed by atoms with Gasteiger partial charge in [-0.05, 0) is 23.1 Å². The van der Waals surface area contributed by atoms with Crippen LogP contribution in [0.5, 0.6) is 17.4 Å². The molecule has 6 heteroatoms. The van der Waals surface area contributed by atoms with E-state index in [1.165, 1.54) is 13.2 Å². The zero-order chi connectivity index (χ0) is 19.7. The molecule has 6 nitrogen and oxygen atoms in total. The fourth-order valence-electron chi connectivity index (χ4n) is 3.17. The normalized spacial score (nSPS) is 14.0. The van der Waals surface area contributed by atoms with Crippen LogP contribution in [0.3, 0.4) is 0 Å². The number of nitrogens with zero attached hydrogens (tertiary/aromatic N) is 2. The molecule has 1 amide bonds. The number of benzene rings is 1. The van der Waals surface area contributed by atoms with E-state index >= 15 is 0 Å². The molecule has 1 aliphatic heterocycles. The molecule has 138 valence electrons. The van der Waals surface area contributed by atoms with Crippen molar-refractivity contribution in [2.75, 3.05) is 20.8 Å². The fraction of sp³-hybridized carbons (Fsp3) is 0.400. The van der Waals surface area contributed by atoms with E-state index in [2.05, 4.69) is 4.98 Å². The van der Waals surface area contributed by atoms with Gasteiger partial charge in [0.25, 0.3) is 5.91 Å². The highest BCUT2D eigenvalue weighted by Crippen LogP contribution is 2.34. The highest BCUT2D eigenvalue weighted by atomic mass is 16.5. The Balaban J connectivity index is 1.91. The lowest BCUT2D eigenvalue weighted by molar-refractivity contribution is 0.0730. The molecular formula is C20H24N2O4. The van der Waals surface area contributed by atoms with Crippen molar-refractivity contribution < 1.29 is 20.7 Å². The first kappa shape index (κ1) is 16.7. The van der Waals surface area contributed by atoms with Gasteiger partial charge in [0.05, 0.1) is 26.8 Å². The van der Waals surface area contributed by atoms with Gasteiger partial charge in [-0.2, -0.15) is 0 Å². The summed E-state index contributed by atoms with van der Waals surface area (Å²) in [4.78, 5) is 19.1. The Hall–Kier alpha value is -2.76. The first-order valence-electron chi connectivity index (χ1n) is 9.09. The van der Waals surface area contributed by atoms with E-state index in [-0.39, 0.29) is 29.2 Å². The number of aromatic hydroxyl groups is 1. The summed E-state index contributed by atoms with van der Waals surface area (Å²) in [5, 5.41) is 10.4. The highest BCUT2D eigenvalue weighted by Gasteiger charge is 2.26. The van der Waals surface area contributed by atoms with Crippen LogP contribution in [0.2, 0.25) is 0 Å². The molecule has 0 saturated heterocycles. The van der Waals surface area contributed by atoms with Crippen molar-refractivity contribution in [2.45, 2.75) is 32.7 Å². The first-order valence-corrected chi connectivity index (χ1v) is 8.59. The molecule has 0 atom stereocenters. The minimum absolute atomic E-state index is 0.0962. The predicted molar refractivity (Wildman–Crippen MR) is 98.0 cm³/mol. The number of aromatic nitrogens is 1. The third-order valence-corrected chi connectivity index (χ3v) is 4.64. The van der Waals surface area contributed by atoms with Crippen LogP contribution in [0.4, 0.5) is 0 Å². The van der Waals surface area contributed by atoms with Gasteiger partial charge in [-0.1, -0.05) is 19.9 Å². The number of methoxy groups -OCH3 is 2. The zero-order valence-corrected chi connectivity index (χ0v) is 15.5. The number of carbonyl (C=O) groups excluding carboxylic acids is 1. The lowest BCUT2D eigenvalue weighted by Gasteiger charge is -2.29. The van der Waals surface area contributed by atoms with Crippen molar-refractivity contribution in [3.8, 4) is 17.4 Å². The number of phenolic OH excluding ortho intramolecular Hbond substituents is 1. The maximum absolute atomic E-state index is 13.0. The lowest BCUT2D eigenvalue weighted by atomic mass is 9.97. The molecular weight excluding hydrogens is 332 g/mol. The van der Waals surface area contributed by atoms with E-state index in [4.69, 9.17) is 10.8 Å². The van der Waals surface area contributed by atoms with Crippen molar-refractivity contribution >= 4 is 5.91 Å². The largest absolute Gasteiger partial charge is 0.507 e. The molecule has 0 fully saturated rings. The van der Waals surface area contributed by atoms with E-state index in [1.807, 2.05) is 13.8 Å². The number of pyridine rings is 1. The molecule has 3 rings (SSSR count). The number of hydrogen-bond donors (Lipinski definition) is 1. The van der Waals surface area contributed by atoms with Gasteiger partial charge in [-0.15, -0.1) is 0 Å². The van der Waals surface area contributed by atoms with Gasteiger partial charge in [0, 0.05) is 31.6 Å². The standard InChI is InChI=1S/C20H24N2O4/c1-12(2)14-9-15(17(23)10-18(14)25-3)20(24)22-8-7-16-13(11-22)5-6-19(21-16)26-4/h5-6,9-10,12,23H,7-8,11H2,1-4H3/i6D. The molecule has 2 heterocycles. The first-order chi connectivity index (χ1) is 12.8.